The fourth-order valence-corrected chi connectivity index (χ4v) is 3.64. The molecule has 7 nitrogen and oxygen atoms in total. The minimum Gasteiger partial charge on any atom is -0.472 e. The predicted octanol–water partition coefficient (Wildman–Crippen LogP) is 2.01. The zero-order chi connectivity index (χ0) is 15.8. The Labute approximate surface area is 133 Å². The van der Waals surface area contributed by atoms with Crippen molar-refractivity contribution in [3.8, 4) is 0 Å². The second-order valence-electron chi connectivity index (χ2n) is 6.18. The molecule has 23 heavy (non-hydrogen) atoms. The highest BCUT2D eigenvalue weighted by Crippen LogP contribution is 2.39. The zero-order valence-corrected chi connectivity index (χ0v) is 13.0. The van der Waals surface area contributed by atoms with Crippen LogP contribution in [0, 0.1) is 12.8 Å². The molecule has 0 bridgehead atoms. The van der Waals surface area contributed by atoms with Gasteiger partial charge in [-0.05, 0) is 18.9 Å². The number of hydrogen-bond acceptors (Lipinski definition) is 6. The number of furan rings is 1. The number of carbonyl (C=O) groups is 1. The van der Waals surface area contributed by atoms with E-state index in [-0.39, 0.29) is 23.8 Å². The van der Waals surface area contributed by atoms with E-state index in [1.54, 1.807) is 13.0 Å². The number of rotatable bonds is 2. The van der Waals surface area contributed by atoms with Gasteiger partial charge in [-0.15, -0.1) is 10.2 Å². The molecule has 2 aliphatic heterocycles. The van der Waals surface area contributed by atoms with Crippen LogP contribution in [0.5, 0.6) is 0 Å². The van der Waals surface area contributed by atoms with Crippen molar-refractivity contribution >= 4 is 5.91 Å². The molecule has 0 aromatic carbocycles. The molecule has 7 heteroatoms. The van der Waals surface area contributed by atoms with Gasteiger partial charge < -0.3 is 18.5 Å². The molecule has 3 atom stereocenters. The van der Waals surface area contributed by atoms with E-state index < -0.39 is 0 Å². The Morgan fingerprint density at radius 2 is 2.26 bits per heavy atom. The molecule has 1 amide bonds. The zero-order valence-electron chi connectivity index (χ0n) is 13.0. The molecule has 4 rings (SSSR count). The van der Waals surface area contributed by atoms with E-state index in [4.69, 9.17) is 13.6 Å². The van der Waals surface area contributed by atoms with Crippen molar-refractivity contribution in [2.75, 3.05) is 19.7 Å². The maximum Gasteiger partial charge on any atom is 0.257 e. The Kier molecular flexibility index (Phi) is 3.65. The molecule has 0 saturated carbocycles. The quantitative estimate of drug-likeness (QED) is 0.842. The van der Waals surface area contributed by atoms with Gasteiger partial charge in [0.05, 0.1) is 17.9 Å². The van der Waals surface area contributed by atoms with Crippen LogP contribution in [0.15, 0.2) is 27.4 Å². The third kappa shape index (κ3) is 2.65. The van der Waals surface area contributed by atoms with Crippen LogP contribution in [-0.2, 0) is 4.74 Å². The molecule has 4 heterocycles. The van der Waals surface area contributed by atoms with Gasteiger partial charge in [0, 0.05) is 38.5 Å². The summed E-state index contributed by atoms with van der Waals surface area (Å²) in [6, 6.07) is 1.70. The van der Waals surface area contributed by atoms with Gasteiger partial charge >= 0.3 is 0 Å². The number of aryl methyl sites for hydroxylation is 1. The van der Waals surface area contributed by atoms with Gasteiger partial charge in [0.25, 0.3) is 5.91 Å². The van der Waals surface area contributed by atoms with Crippen LogP contribution in [0.25, 0.3) is 0 Å². The summed E-state index contributed by atoms with van der Waals surface area (Å²) < 4.78 is 16.6. The smallest absolute Gasteiger partial charge is 0.257 e. The van der Waals surface area contributed by atoms with E-state index in [0.717, 1.165) is 12.8 Å². The highest BCUT2D eigenvalue weighted by Gasteiger charge is 2.42. The van der Waals surface area contributed by atoms with E-state index >= 15 is 0 Å². The lowest BCUT2D eigenvalue weighted by Crippen LogP contribution is -2.51. The first kappa shape index (κ1) is 14.4. The Hall–Kier alpha value is -2.15. The first-order valence-corrected chi connectivity index (χ1v) is 7.95. The summed E-state index contributed by atoms with van der Waals surface area (Å²) >= 11 is 0. The molecular weight excluding hydrogens is 298 g/mol. The predicted molar refractivity (Wildman–Crippen MR) is 78.9 cm³/mol. The van der Waals surface area contributed by atoms with Gasteiger partial charge in [0.2, 0.25) is 11.8 Å². The average Bonchev–Trinajstić information content (AvgIpc) is 3.24. The van der Waals surface area contributed by atoms with Crippen molar-refractivity contribution in [2.45, 2.75) is 31.8 Å². The van der Waals surface area contributed by atoms with Crippen LogP contribution in [0.4, 0.5) is 0 Å². The van der Waals surface area contributed by atoms with E-state index in [2.05, 4.69) is 10.2 Å². The Morgan fingerprint density at radius 3 is 3.00 bits per heavy atom. The normalized spacial score (nSPS) is 27.7. The molecule has 122 valence electrons. The van der Waals surface area contributed by atoms with Gasteiger partial charge in [-0.3, -0.25) is 4.79 Å². The van der Waals surface area contributed by atoms with Gasteiger partial charge in [-0.2, -0.15) is 0 Å². The monoisotopic (exact) mass is 317 g/mol. The first-order chi connectivity index (χ1) is 11.2. The maximum absolute atomic E-state index is 12.6. The summed E-state index contributed by atoms with van der Waals surface area (Å²) in [6.45, 7) is 3.83. The molecule has 0 aliphatic carbocycles. The molecule has 2 fully saturated rings. The number of piperidine rings is 1. The Balaban J connectivity index is 1.55. The number of fused-ring (bicyclic) bond motifs is 1. The second-order valence-corrected chi connectivity index (χ2v) is 6.18. The lowest BCUT2D eigenvalue weighted by molar-refractivity contribution is -0.0751. The largest absolute Gasteiger partial charge is 0.472 e. The molecule has 2 aromatic rings. The van der Waals surface area contributed by atoms with E-state index in [1.165, 1.54) is 12.5 Å². The lowest BCUT2D eigenvalue weighted by Gasteiger charge is -2.43. The molecule has 0 unspecified atom stereocenters. The van der Waals surface area contributed by atoms with Gasteiger partial charge in [-0.25, -0.2) is 0 Å². The fraction of sp³-hybridized carbons (Fsp3) is 0.562. The molecule has 0 radical (unpaired) electrons. The molecular formula is C16H19N3O4. The van der Waals surface area contributed by atoms with Crippen LogP contribution < -0.4 is 0 Å². The summed E-state index contributed by atoms with van der Waals surface area (Å²) in [4.78, 5) is 14.4. The Morgan fingerprint density at radius 1 is 1.35 bits per heavy atom. The Bertz CT molecular complexity index is 681. The van der Waals surface area contributed by atoms with Crippen LogP contribution in [0.1, 0.15) is 40.9 Å². The number of hydrogen-bond donors (Lipinski definition) is 0. The summed E-state index contributed by atoms with van der Waals surface area (Å²) in [5.41, 5.74) is 0.588. The summed E-state index contributed by atoms with van der Waals surface area (Å²) in [5.74, 6) is 1.58. The van der Waals surface area contributed by atoms with Crippen molar-refractivity contribution in [1.29, 1.82) is 0 Å². The van der Waals surface area contributed by atoms with Gasteiger partial charge in [-0.1, -0.05) is 0 Å². The number of carbonyl (C=O) groups excluding carboxylic acids is 1. The number of ether oxygens (including phenoxy) is 1. The maximum atomic E-state index is 12.6. The van der Waals surface area contributed by atoms with Crippen LogP contribution in [-0.4, -0.2) is 46.8 Å². The summed E-state index contributed by atoms with van der Waals surface area (Å²) in [5, 5.41) is 8.13. The van der Waals surface area contributed by atoms with Crippen LogP contribution in [0.2, 0.25) is 0 Å². The van der Waals surface area contributed by atoms with Crippen LogP contribution in [0.3, 0.4) is 0 Å². The van der Waals surface area contributed by atoms with Crippen molar-refractivity contribution in [2.24, 2.45) is 5.92 Å². The minimum absolute atomic E-state index is 0.00299. The number of aromatic nitrogens is 2. The van der Waals surface area contributed by atoms with Crippen molar-refractivity contribution in [3.63, 3.8) is 0 Å². The number of amides is 1. The molecule has 2 aliphatic rings. The van der Waals surface area contributed by atoms with Gasteiger partial charge in [0.1, 0.15) is 6.26 Å². The first-order valence-electron chi connectivity index (χ1n) is 7.95. The number of nitrogens with zero attached hydrogens (tertiary/aromatic N) is 3. The molecule has 2 aromatic heterocycles. The second kappa shape index (κ2) is 5.81. The lowest BCUT2D eigenvalue weighted by atomic mass is 9.79. The average molecular weight is 317 g/mol. The molecule has 0 N–H and O–H groups in total. The topological polar surface area (TPSA) is 81.6 Å². The van der Waals surface area contributed by atoms with E-state index in [0.29, 0.717) is 37.0 Å². The third-order valence-corrected chi connectivity index (χ3v) is 4.78. The highest BCUT2D eigenvalue weighted by molar-refractivity contribution is 5.93. The molecule has 2 saturated heterocycles. The van der Waals surface area contributed by atoms with E-state index in [9.17, 15) is 4.79 Å². The molecule has 0 spiro atoms. The van der Waals surface area contributed by atoms with Crippen molar-refractivity contribution in [3.05, 3.63) is 35.9 Å². The van der Waals surface area contributed by atoms with Gasteiger partial charge in [0.15, 0.2) is 0 Å². The van der Waals surface area contributed by atoms with Crippen molar-refractivity contribution < 1.29 is 18.4 Å². The number of likely N-dealkylation sites (tertiary alicyclic amines) is 1. The van der Waals surface area contributed by atoms with E-state index in [1.807, 2.05) is 4.90 Å². The van der Waals surface area contributed by atoms with Crippen molar-refractivity contribution in [1.82, 2.24) is 15.1 Å². The standard InChI is InChI=1S/C16H19N3O4/c1-10-17-18-15(23-10)12-4-7-22-14-2-5-19(8-13(12)14)16(20)11-3-6-21-9-11/h3,6,9,12-14H,2,4-5,7-8H2,1H3/t12-,13-,14-/m1/s1. The summed E-state index contributed by atoms with van der Waals surface area (Å²) in [6.07, 6.45) is 4.83. The SMILES string of the molecule is Cc1nnc([C@@H]2CCO[C@@H]3CCN(C(=O)c4ccoc4)C[C@@H]32)o1. The third-order valence-electron chi connectivity index (χ3n) is 4.78. The van der Waals surface area contributed by atoms with Crippen LogP contribution >= 0.6 is 0 Å². The fourth-order valence-electron chi connectivity index (χ4n) is 3.64. The summed E-state index contributed by atoms with van der Waals surface area (Å²) in [7, 11) is 0. The highest BCUT2D eigenvalue weighted by atomic mass is 16.5. The minimum atomic E-state index is 0.00299.